The number of benzene rings is 2. The molecule has 1 unspecified atom stereocenters. The van der Waals surface area contributed by atoms with Crippen molar-refractivity contribution < 1.29 is 9.47 Å². The lowest BCUT2D eigenvalue weighted by atomic mass is 10.0. The molecule has 0 aliphatic carbocycles. The Balaban J connectivity index is 0.00000320. The number of anilines is 1. The Morgan fingerprint density at radius 1 is 1.17 bits per heavy atom. The van der Waals surface area contributed by atoms with Crippen molar-refractivity contribution in [2.75, 3.05) is 38.2 Å². The topological polar surface area (TPSA) is 72.1 Å². The molecular formula is C23H33IN4O2. The van der Waals surface area contributed by atoms with Crippen LogP contribution in [0.3, 0.4) is 0 Å². The van der Waals surface area contributed by atoms with E-state index < -0.39 is 0 Å². The van der Waals surface area contributed by atoms with E-state index in [1.165, 1.54) is 11.1 Å². The minimum absolute atomic E-state index is 0. The molecule has 0 radical (unpaired) electrons. The molecule has 0 bridgehead atoms. The van der Waals surface area contributed by atoms with Gasteiger partial charge in [-0.25, -0.2) is 0 Å². The highest BCUT2D eigenvalue weighted by Gasteiger charge is 2.22. The average molecular weight is 524 g/mol. The van der Waals surface area contributed by atoms with E-state index >= 15 is 0 Å². The quantitative estimate of drug-likeness (QED) is 0.323. The summed E-state index contributed by atoms with van der Waals surface area (Å²) in [7, 11) is 0. The number of aryl methyl sites for hydroxylation is 1. The van der Waals surface area contributed by atoms with Crippen molar-refractivity contribution in [3.05, 3.63) is 59.7 Å². The molecule has 1 aliphatic heterocycles. The van der Waals surface area contributed by atoms with Gasteiger partial charge in [0.1, 0.15) is 5.75 Å². The first-order valence-electron chi connectivity index (χ1n) is 10.2. The summed E-state index contributed by atoms with van der Waals surface area (Å²) in [5.74, 6) is 1.25. The summed E-state index contributed by atoms with van der Waals surface area (Å²) in [5.41, 5.74) is 9.58. The standard InChI is InChI=1S/C23H32N4O2.HI/c1-17(2)29-21-9-7-20(8-10-21)26-23(24)25-16-22(27-11-13-28-14-12-27)19-6-4-5-18(3)15-19;/h4-10,15,17,22H,11-14,16H2,1-3H3,(H3,24,25,26);1H. The number of rotatable bonds is 7. The maximum absolute atomic E-state index is 6.17. The van der Waals surface area contributed by atoms with Crippen LogP contribution in [0.5, 0.6) is 5.75 Å². The molecule has 3 N–H and O–H groups in total. The third-order valence-corrected chi connectivity index (χ3v) is 4.85. The lowest BCUT2D eigenvalue weighted by molar-refractivity contribution is 0.0180. The van der Waals surface area contributed by atoms with Gasteiger partial charge in [0.25, 0.3) is 0 Å². The molecule has 0 aromatic heterocycles. The van der Waals surface area contributed by atoms with Gasteiger partial charge in [-0.3, -0.25) is 9.89 Å². The summed E-state index contributed by atoms with van der Waals surface area (Å²) in [6.07, 6.45) is 0.152. The zero-order valence-electron chi connectivity index (χ0n) is 18.0. The summed E-state index contributed by atoms with van der Waals surface area (Å²) >= 11 is 0. The number of nitrogens with two attached hydrogens (primary N) is 1. The van der Waals surface area contributed by atoms with Crippen molar-refractivity contribution in [2.45, 2.75) is 32.9 Å². The fourth-order valence-corrected chi connectivity index (χ4v) is 3.46. The molecular weight excluding hydrogens is 491 g/mol. The number of hydrogen-bond donors (Lipinski definition) is 2. The van der Waals surface area contributed by atoms with Crippen molar-refractivity contribution in [3.63, 3.8) is 0 Å². The van der Waals surface area contributed by atoms with Crippen molar-refractivity contribution in [1.29, 1.82) is 0 Å². The molecule has 0 spiro atoms. The van der Waals surface area contributed by atoms with Crippen LogP contribution in [0.2, 0.25) is 0 Å². The normalized spacial score (nSPS) is 16.1. The first kappa shape index (κ1) is 24.4. The predicted octanol–water partition coefficient (Wildman–Crippen LogP) is 4.20. The Hall–Kier alpha value is -1.84. The summed E-state index contributed by atoms with van der Waals surface area (Å²) in [6.45, 7) is 10.0. The molecule has 2 aromatic carbocycles. The first-order valence-corrected chi connectivity index (χ1v) is 10.2. The molecule has 1 aliphatic rings. The Labute approximate surface area is 196 Å². The number of halogens is 1. The van der Waals surface area contributed by atoms with E-state index in [1.807, 2.05) is 38.1 Å². The molecule has 1 atom stereocenters. The highest BCUT2D eigenvalue weighted by Crippen LogP contribution is 2.23. The second kappa shape index (κ2) is 12.1. The molecule has 1 heterocycles. The molecule has 6 nitrogen and oxygen atoms in total. The van der Waals surface area contributed by atoms with Crippen LogP contribution in [0.15, 0.2) is 53.5 Å². The summed E-state index contributed by atoms with van der Waals surface area (Å²) in [5, 5.41) is 3.17. The summed E-state index contributed by atoms with van der Waals surface area (Å²) in [6, 6.07) is 16.5. The van der Waals surface area contributed by atoms with Gasteiger partial charge in [-0.05, 0) is 50.6 Å². The maximum Gasteiger partial charge on any atom is 0.193 e. The number of ether oxygens (including phenoxy) is 2. The summed E-state index contributed by atoms with van der Waals surface area (Å²) < 4.78 is 11.2. The Bertz CT molecular complexity index is 805. The molecule has 1 saturated heterocycles. The second-order valence-corrected chi connectivity index (χ2v) is 7.62. The van der Waals surface area contributed by atoms with Crippen molar-refractivity contribution >= 4 is 35.6 Å². The van der Waals surface area contributed by atoms with Crippen molar-refractivity contribution in [2.24, 2.45) is 10.7 Å². The SMILES string of the molecule is Cc1cccc(C(CN=C(N)Nc2ccc(OC(C)C)cc2)N2CCOCC2)c1.I. The van der Waals surface area contributed by atoms with E-state index in [4.69, 9.17) is 15.2 Å². The minimum atomic E-state index is 0. The van der Waals surface area contributed by atoms with Gasteiger partial charge in [0.15, 0.2) is 5.96 Å². The van der Waals surface area contributed by atoms with E-state index in [9.17, 15) is 0 Å². The number of morpholine rings is 1. The number of nitrogens with one attached hydrogen (secondary N) is 1. The largest absolute Gasteiger partial charge is 0.491 e. The van der Waals surface area contributed by atoms with Gasteiger partial charge in [-0.1, -0.05) is 29.8 Å². The third-order valence-electron chi connectivity index (χ3n) is 4.85. The van der Waals surface area contributed by atoms with Gasteiger partial charge in [0.2, 0.25) is 0 Å². The molecule has 0 amide bonds. The third kappa shape index (κ3) is 7.45. The van der Waals surface area contributed by atoms with E-state index in [2.05, 4.69) is 46.4 Å². The first-order chi connectivity index (χ1) is 14.0. The Morgan fingerprint density at radius 2 is 1.87 bits per heavy atom. The fourth-order valence-electron chi connectivity index (χ4n) is 3.46. The molecule has 7 heteroatoms. The zero-order valence-corrected chi connectivity index (χ0v) is 20.3. The molecule has 1 fully saturated rings. The molecule has 3 rings (SSSR count). The second-order valence-electron chi connectivity index (χ2n) is 7.62. The lowest BCUT2D eigenvalue weighted by Gasteiger charge is -2.34. The number of guanidine groups is 1. The lowest BCUT2D eigenvalue weighted by Crippen LogP contribution is -2.40. The van der Waals surface area contributed by atoms with Crippen LogP contribution >= 0.6 is 24.0 Å². The van der Waals surface area contributed by atoms with E-state index in [0.29, 0.717) is 12.5 Å². The van der Waals surface area contributed by atoms with Crippen molar-refractivity contribution in [3.8, 4) is 5.75 Å². The number of hydrogen-bond acceptors (Lipinski definition) is 4. The van der Waals surface area contributed by atoms with Crippen LogP contribution in [0.25, 0.3) is 0 Å². The fraction of sp³-hybridized carbons (Fsp3) is 0.435. The van der Waals surface area contributed by atoms with Gasteiger partial charge < -0.3 is 20.5 Å². The van der Waals surface area contributed by atoms with Crippen molar-refractivity contribution in [1.82, 2.24) is 4.90 Å². The van der Waals surface area contributed by atoms with Crippen LogP contribution in [0, 0.1) is 6.92 Å². The van der Waals surface area contributed by atoms with Crippen LogP contribution in [-0.4, -0.2) is 49.8 Å². The van der Waals surface area contributed by atoms with E-state index in [0.717, 1.165) is 37.7 Å². The van der Waals surface area contributed by atoms with E-state index in [1.54, 1.807) is 0 Å². The monoisotopic (exact) mass is 524 g/mol. The van der Waals surface area contributed by atoms with Gasteiger partial charge in [0.05, 0.1) is 31.9 Å². The van der Waals surface area contributed by atoms with E-state index in [-0.39, 0.29) is 36.1 Å². The number of nitrogens with zero attached hydrogens (tertiary/aromatic N) is 2. The molecule has 30 heavy (non-hydrogen) atoms. The smallest absolute Gasteiger partial charge is 0.193 e. The predicted molar refractivity (Wildman–Crippen MR) is 134 cm³/mol. The zero-order chi connectivity index (χ0) is 20.6. The van der Waals surface area contributed by atoms with Crippen LogP contribution in [0.4, 0.5) is 5.69 Å². The molecule has 164 valence electrons. The maximum atomic E-state index is 6.17. The van der Waals surface area contributed by atoms with Gasteiger partial charge in [-0.2, -0.15) is 0 Å². The average Bonchev–Trinajstić information content (AvgIpc) is 2.70. The summed E-state index contributed by atoms with van der Waals surface area (Å²) in [4.78, 5) is 7.07. The molecule has 0 saturated carbocycles. The molecule has 2 aromatic rings. The Kier molecular flexibility index (Phi) is 9.87. The Morgan fingerprint density at radius 3 is 2.50 bits per heavy atom. The van der Waals surface area contributed by atoms with Crippen LogP contribution in [0.1, 0.15) is 31.0 Å². The minimum Gasteiger partial charge on any atom is -0.491 e. The van der Waals surface area contributed by atoms with Crippen LogP contribution in [-0.2, 0) is 4.74 Å². The van der Waals surface area contributed by atoms with Gasteiger partial charge in [-0.15, -0.1) is 24.0 Å². The van der Waals surface area contributed by atoms with Crippen LogP contribution < -0.4 is 15.8 Å². The highest BCUT2D eigenvalue weighted by atomic mass is 127. The van der Waals surface area contributed by atoms with Gasteiger partial charge in [0, 0.05) is 18.8 Å². The highest BCUT2D eigenvalue weighted by molar-refractivity contribution is 14.0. The van der Waals surface area contributed by atoms with Gasteiger partial charge >= 0.3 is 0 Å². The number of aliphatic imine (C=N–C) groups is 1.